The van der Waals surface area contributed by atoms with Crippen molar-refractivity contribution in [3.8, 4) is 5.75 Å². The number of carbonyl (C=O) groups excluding carboxylic acids is 8. The van der Waals surface area contributed by atoms with Crippen LogP contribution in [0, 0.1) is 23.7 Å². The van der Waals surface area contributed by atoms with Crippen molar-refractivity contribution in [1.29, 1.82) is 0 Å². The molecule has 0 unspecified atom stereocenters. The highest BCUT2D eigenvalue weighted by atomic mass is 16.4. The highest BCUT2D eigenvalue weighted by Gasteiger charge is 2.41. The highest BCUT2D eigenvalue weighted by Crippen LogP contribution is 2.22. The topological polar surface area (TPSA) is 501 Å². The second-order valence-electron chi connectivity index (χ2n) is 21.5. The van der Waals surface area contributed by atoms with Crippen LogP contribution in [0.25, 0.3) is 0 Å². The van der Waals surface area contributed by atoms with Gasteiger partial charge in [-0.2, -0.15) is 0 Å². The number of carboxylic acids is 1. The van der Waals surface area contributed by atoms with E-state index in [2.05, 4.69) is 52.2 Å². The number of likely N-dealkylation sites (tertiary alicyclic amines) is 1. The third kappa shape index (κ3) is 24.1. The largest absolute Gasteiger partial charge is 0.508 e. The minimum absolute atomic E-state index is 0.00636. The van der Waals surface area contributed by atoms with Gasteiger partial charge in [0.1, 0.15) is 54.1 Å². The Labute approximate surface area is 473 Å². The molecular formula is C52H90N18O11. The molecule has 1 aromatic rings. The van der Waals surface area contributed by atoms with E-state index in [9.17, 15) is 53.4 Å². The number of nitrogens with two attached hydrogens (primary N) is 7. The molecule has 0 aromatic heterocycles. The number of guanidine groups is 3. The number of hydrogen-bond acceptors (Lipinski definition) is 14. The summed E-state index contributed by atoms with van der Waals surface area (Å²) in [7, 11) is 0. The zero-order valence-corrected chi connectivity index (χ0v) is 47.9. The molecule has 1 saturated heterocycles. The Balaban J connectivity index is 2.48. The first-order chi connectivity index (χ1) is 37.9. The number of nitrogens with zero attached hydrogens (tertiary/aromatic N) is 4. The van der Waals surface area contributed by atoms with Gasteiger partial charge in [-0.1, -0.05) is 67.5 Å². The van der Waals surface area contributed by atoms with Gasteiger partial charge in [0.15, 0.2) is 17.9 Å². The smallest absolute Gasteiger partial charge is 0.326 e. The van der Waals surface area contributed by atoms with E-state index in [1.54, 1.807) is 55.4 Å². The number of nitrogens with one attached hydrogen (secondary N) is 7. The lowest BCUT2D eigenvalue weighted by atomic mass is 9.99. The normalized spacial score (nSPS) is 16.1. The molecule has 1 fully saturated rings. The summed E-state index contributed by atoms with van der Waals surface area (Å²) in [6.07, 6.45) is 1.23. The number of aromatic hydroxyl groups is 1. The van der Waals surface area contributed by atoms with Crippen LogP contribution in [-0.2, 0) is 49.6 Å². The molecule has 8 amide bonds. The number of hydrogen-bond donors (Lipinski definition) is 16. The third-order valence-corrected chi connectivity index (χ3v) is 13.3. The van der Waals surface area contributed by atoms with Crippen molar-refractivity contribution >= 4 is 71.1 Å². The average molecular weight is 1140 g/mol. The quantitative estimate of drug-likeness (QED) is 0.0181. The van der Waals surface area contributed by atoms with Crippen LogP contribution in [-0.4, -0.2) is 167 Å². The van der Waals surface area contributed by atoms with Crippen molar-refractivity contribution in [2.45, 2.75) is 168 Å². The minimum atomic E-state index is -1.41. The third-order valence-electron chi connectivity index (χ3n) is 13.3. The first-order valence-corrected chi connectivity index (χ1v) is 27.3. The van der Waals surface area contributed by atoms with E-state index in [-0.39, 0.29) is 94.8 Å². The molecule has 454 valence electrons. The summed E-state index contributed by atoms with van der Waals surface area (Å²) in [4.78, 5) is 138. The van der Waals surface area contributed by atoms with Crippen molar-refractivity contribution in [2.24, 2.45) is 78.8 Å². The molecule has 0 bridgehead atoms. The van der Waals surface area contributed by atoms with Gasteiger partial charge in [0, 0.05) is 32.6 Å². The monoisotopic (exact) mass is 1140 g/mol. The summed E-state index contributed by atoms with van der Waals surface area (Å²) in [5, 5.41) is 38.6. The van der Waals surface area contributed by atoms with Gasteiger partial charge in [-0.3, -0.25) is 53.3 Å². The number of amides is 8. The van der Waals surface area contributed by atoms with E-state index in [1.165, 1.54) is 29.2 Å². The maximum Gasteiger partial charge on any atom is 0.326 e. The zero-order valence-electron chi connectivity index (χ0n) is 47.9. The van der Waals surface area contributed by atoms with Crippen LogP contribution in [0.3, 0.4) is 0 Å². The highest BCUT2D eigenvalue weighted by molar-refractivity contribution is 5.98. The molecule has 29 heteroatoms. The van der Waals surface area contributed by atoms with Gasteiger partial charge in [0.25, 0.3) is 0 Å². The fourth-order valence-corrected chi connectivity index (χ4v) is 8.66. The van der Waals surface area contributed by atoms with E-state index in [1.807, 2.05) is 0 Å². The second-order valence-corrected chi connectivity index (χ2v) is 21.5. The zero-order chi connectivity index (χ0) is 61.3. The molecule has 1 aromatic carbocycles. The lowest BCUT2D eigenvalue weighted by molar-refractivity contribution is -0.144. The molecule has 0 radical (unpaired) electrons. The molecule has 1 aliphatic rings. The molecule has 0 saturated carbocycles. The summed E-state index contributed by atoms with van der Waals surface area (Å²) < 4.78 is 0. The Bertz CT molecular complexity index is 2370. The van der Waals surface area contributed by atoms with Gasteiger partial charge in [-0.05, 0) is 92.7 Å². The van der Waals surface area contributed by atoms with Crippen molar-refractivity contribution in [1.82, 2.24) is 42.1 Å². The van der Waals surface area contributed by atoms with Gasteiger partial charge >= 0.3 is 5.97 Å². The molecule has 23 N–H and O–H groups in total. The van der Waals surface area contributed by atoms with Gasteiger partial charge in [0.05, 0.1) is 6.04 Å². The number of aliphatic carboxylic acids is 1. The Morgan fingerprint density at radius 2 is 0.926 bits per heavy atom. The van der Waals surface area contributed by atoms with Gasteiger partial charge in [-0.15, -0.1) is 0 Å². The van der Waals surface area contributed by atoms with Crippen LogP contribution in [0.4, 0.5) is 0 Å². The molecule has 0 aliphatic carbocycles. The van der Waals surface area contributed by atoms with Crippen LogP contribution < -0.4 is 77.4 Å². The number of aliphatic imine (C=N–C) groups is 3. The van der Waals surface area contributed by atoms with Crippen LogP contribution in [0.1, 0.15) is 112 Å². The lowest BCUT2D eigenvalue weighted by Gasteiger charge is -2.32. The molecule has 29 nitrogen and oxygen atoms in total. The second kappa shape index (κ2) is 34.2. The summed E-state index contributed by atoms with van der Waals surface area (Å²) in [5.74, 6) is -9.82. The lowest BCUT2D eigenvalue weighted by Crippen LogP contribution is -2.61. The van der Waals surface area contributed by atoms with E-state index in [0.717, 1.165) is 0 Å². The molecule has 81 heavy (non-hydrogen) atoms. The van der Waals surface area contributed by atoms with E-state index in [4.69, 9.17) is 40.1 Å². The van der Waals surface area contributed by atoms with Crippen molar-refractivity contribution in [2.75, 3.05) is 26.2 Å². The maximum absolute atomic E-state index is 14.7. The molecule has 0 spiro atoms. The number of phenols is 1. The fraction of sp³-hybridized carbons (Fsp3) is 0.654. The molecular weight excluding hydrogens is 1050 g/mol. The Morgan fingerprint density at radius 1 is 0.531 bits per heavy atom. The minimum Gasteiger partial charge on any atom is -0.508 e. The summed E-state index contributed by atoms with van der Waals surface area (Å²) >= 11 is 0. The Morgan fingerprint density at radius 3 is 1.37 bits per heavy atom. The first kappa shape index (κ1) is 69.1. The summed E-state index contributed by atoms with van der Waals surface area (Å²) in [6.45, 7) is 13.7. The standard InChI is InChI=1S/C52H90N18O11/c1-26(2)37(66-41(72)32(53)13-9-21-60-50(54)55)46(77)64-34(15-11-23-62-52(58)59)43(74)68-39(28(5)6)48(79)70-24-12-16-36(70)45(76)65-35(25-30-17-19-31(71)20-18-30)44(75)63-33(14-10-22-61-51(56)57)42(73)67-38(27(3)4)47(78)69-40(29(7)8)49(80)81/h17-20,26-29,32-40,71H,9-16,21-25,53H2,1-8H3,(H,63,75)(H,64,77)(H,65,76)(H,66,72)(H,67,73)(H,68,74)(H,69,78)(H,80,81)(H4,54,55,60)(H4,56,57,61)(H4,58,59,62)/t32-,33-,34-,35-,36-,37-,38-,39-,40-/m0/s1. The summed E-state index contributed by atoms with van der Waals surface area (Å²) in [5.41, 5.74) is 39.5. The Kier molecular flexibility index (Phi) is 29.2. The summed E-state index contributed by atoms with van der Waals surface area (Å²) in [6, 6.07) is -5.26. The van der Waals surface area contributed by atoms with Crippen LogP contribution in [0.5, 0.6) is 5.75 Å². The van der Waals surface area contributed by atoms with Crippen LogP contribution >= 0.6 is 0 Å². The van der Waals surface area contributed by atoms with Crippen LogP contribution in [0.2, 0.25) is 0 Å². The maximum atomic E-state index is 14.7. The predicted molar refractivity (Wildman–Crippen MR) is 305 cm³/mol. The number of phenolic OH excluding ortho intramolecular Hbond substituents is 1. The average Bonchev–Trinajstić information content (AvgIpc) is 3.90. The number of rotatable bonds is 34. The van der Waals surface area contributed by atoms with Gasteiger partial charge in [-0.25, -0.2) is 4.79 Å². The van der Waals surface area contributed by atoms with E-state index >= 15 is 0 Å². The van der Waals surface area contributed by atoms with Crippen molar-refractivity contribution < 1.29 is 53.4 Å². The first-order valence-electron chi connectivity index (χ1n) is 27.3. The molecule has 2 rings (SSSR count). The van der Waals surface area contributed by atoms with Crippen LogP contribution in [0.15, 0.2) is 39.2 Å². The molecule has 1 heterocycles. The predicted octanol–water partition coefficient (Wildman–Crippen LogP) is -3.48. The van der Waals surface area contributed by atoms with E-state index < -0.39 is 131 Å². The SMILES string of the molecule is CC(C)[C@H](NC(=O)[C@@H](NC(=O)[C@H](CCCN=C(N)N)NC(=O)[C@H](Cc1ccc(O)cc1)NC(=O)[C@@H]1CCCN1C(=O)[C@@H](NC(=O)[C@H](CCCN=C(N)N)NC(=O)[C@@H](NC(=O)[C@@H](N)CCCN=C(N)N)C(C)C)C(C)C)C(C)C)C(=O)O. The number of benzene rings is 1. The van der Waals surface area contributed by atoms with Crippen molar-refractivity contribution in [3.63, 3.8) is 0 Å². The molecule has 9 atom stereocenters. The van der Waals surface area contributed by atoms with Gasteiger partial charge in [0.2, 0.25) is 47.3 Å². The van der Waals surface area contributed by atoms with E-state index in [0.29, 0.717) is 18.4 Å². The number of carboxylic acid groups (broad SMARTS) is 1. The van der Waals surface area contributed by atoms with Crippen molar-refractivity contribution in [3.05, 3.63) is 29.8 Å². The fourth-order valence-electron chi connectivity index (χ4n) is 8.66. The van der Waals surface area contributed by atoms with Gasteiger partial charge < -0.3 is 92.5 Å². The number of carbonyl (C=O) groups is 9. The molecule has 1 aliphatic heterocycles. The Hall–Kier alpha value is -7.98.